The first-order valence-electron chi connectivity index (χ1n) is 8.50. The van der Waals surface area contributed by atoms with E-state index in [1.807, 2.05) is 0 Å². The largest absolute Gasteiger partial charge is 0.313 e. The summed E-state index contributed by atoms with van der Waals surface area (Å²) in [6, 6.07) is 1.33. The third kappa shape index (κ3) is 3.95. The summed E-state index contributed by atoms with van der Waals surface area (Å²) in [5.74, 6) is 0.754. The van der Waals surface area contributed by atoms with Gasteiger partial charge in [0.05, 0.1) is 0 Å². The van der Waals surface area contributed by atoms with E-state index in [1.54, 1.807) is 0 Å². The summed E-state index contributed by atoms with van der Waals surface area (Å²) >= 11 is 0. The summed E-state index contributed by atoms with van der Waals surface area (Å²) in [6.45, 7) is 13.1. The van der Waals surface area contributed by atoms with Crippen molar-refractivity contribution in [1.29, 1.82) is 0 Å². The first-order chi connectivity index (χ1) is 9.02. The van der Waals surface area contributed by atoms with Gasteiger partial charge in [0.1, 0.15) is 0 Å². The van der Waals surface area contributed by atoms with Crippen molar-refractivity contribution in [2.45, 2.75) is 78.3 Å². The molecule has 2 aliphatic rings. The minimum atomic E-state index is 0.604. The molecule has 2 heteroatoms. The lowest BCUT2D eigenvalue weighted by Crippen LogP contribution is -2.51. The van der Waals surface area contributed by atoms with Gasteiger partial charge in [0.15, 0.2) is 0 Å². The minimum absolute atomic E-state index is 0.604. The third-order valence-electron chi connectivity index (χ3n) is 5.50. The maximum atomic E-state index is 3.64. The predicted molar refractivity (Wildman–Crippen MR) is 83.5 cm³/mol. The van der Waals surface area contributed by atoms with Crippen LogP contribution in [0.15, 0.2) is 0 Å². The second-order valence-corrected chi connectivity index (χ2v) is 7.62. The van der Waals surface area contributed by atoms with Gasteiger partial charge in [-0.25, -0.2) is 0 Å². The molecule has 1 N–H and O–H groups in total. The van der Waals surface area contributed by atoms with Crippen molar-refractivity contribution >= 4 is 0 Å². The van der Waals surface area contributed by atoms with Crippen LogP contribution in [-0.2, 0) is 0 Å². The highest BCUT2D eigenvalue weighted by atomic mass is 15.2. The molecular formula is C17H34N2. The Morgan fingerprint density at radius 2 is 1.53 bits per heavy atom. The number of nitrogens with one attached hydrogen (secondary N) is 1. The van der Waals surface area contributed by atoms with E-state index in [-0.39, 0.29) is 0 Å². The number of piperidine rings is 1. The zero-order valence-corrected chi connectivity index (χ0v) is 13.5. The lowest BCUT2D eigenvalue weighted by Gasteiger charge is -2.44. The monoisotopic (exact) mass is 266 g/mol. The van der Waals surface area contributed by atoms with Gasteiger partial charge in [0.2, 0.25) is 0 Å². The Kier molecular flexibility index (Phi) is 5.30. The number of nitrogens with zero attached hydrogens (tertiary/aromatic N) is 1. The molecule has 0 aromatic carbocycles. The molecule has 1 unspecified atom stereocenters. The maximum absolute atomic E-state index is 3.64. The fourth-order valence-electron chi connectivity index (χ4n) is 4.10. The number of likely N-dealkylation sites (tertiary alicyclic amines) is 1. The summed E-state index contributed by atoms with van der Waals surface area (Å²) < 4.78 is 0. The summed E-state index contributed by atoms with van der Waals surface area (Å²) in [5, 5.41) is 3.64. The van der Waals surface area contributed by atoms with E-state index in [0.717, 1.165) is 23.9 Å². The van der Waals surface area contributed by atoms with Crippen LogP contribution in [0.25, 0.3) is 0 Å². The molecule has 0 amide bonds. The van der Waals surface area contributed by atoms with E-state index in [9.17, 15) is 0 Å². The van der Waals surface area contributed by atoms with Crippen molar-refractivity contribution < 1.29 is 0 Å². The Bertz CT molecular complexity index is 256. The van der Waals surface area contributed by atoms with Crippen LogP contribution in [0.4, 0.5) is 0 Å². The minimum Gasteiger partial charge on any atom is -0.313 e. The molecule has 112 valence electrons. The molecule has 1 saturated heterocycles. The average Bonchev–Trinajstić information content (AvgIpc) is 2.80. The molecule has 0 aromatic heterocycles. The average molecular weight is 266 g/mol. The topological polar surface area (TPSA) is 15.3 Å². The molecule has 2 fully saturated rings. The second kappa shape index (κ2) is 6.58. The normalized spacial score (nSPS) is 25.6. The van der Waals surface area contributed by atoms with Crippen LogP contribution in [0.5, 0.6) is 0 Å². The van der Waals surface area contributed by atoms with E-state index in [2.05, 4.69) is 37.9 Å². The molecule has 19 heavy (non-hydrogen) atoms. The molecule has 1 aliphatic carbocycles. The number of hydrogen-bond donors (Lipinski definition) is 1. The van der Waals surface area contributed by atoms with Gasteiger partial charge in [-0.05, 0) is 50.1 Å². The van der Waals surface area contributed by atoms with Crippen LogP contribution in [0, 0.1) is 11.3 Å². The van der Waals surface area contributed by atoms with E-state index in [1.165, 1.54) is 51.6 Å². The molecule has 2 rings (SSSR count). The first-order valence-corrected chi connectivity index (χ1v) is 8.50. The maximum Gasteiger partial charge on any atom is 0.0243 e. The standard InChI is InChI=1S/C17H34N2/c1-14(2)16(13-18-15(3)4)19-11-9-17(10-12-19)7-5-6-8-17/h14-16,18H,5-13H2,1-4H3. The molecule has 1 aliphatic heterocycles. The molecule has 1 saturated carbocycles. The van der Waals surface area contributed by atoms with Gasteiger partial charge in [-0.3, -0.25) is 4.90 Å². The van der Waals surface area contributed by atoms with Crippen LogP contribution in [-0.4, -0.2) is 36.6 Å². The zero-order chi connectivity index (χ0) is 13.9. The third-order valence-corrected chi connectivity index (χ3v) is 5.50. The van der Waals surface area contributed by atoms with Crippen LogP contribution in [0.2, 0.25) is 0 Å². The van der Waals surface area contributed by atoms with Gasteiger partial charge in [-0.15, -0.1) is 0 Å². The smallest absolute Gasteiger partial charge is 0.0243 e. The van der Waals surface area contributed by atoms with E-state index < -0.39 is 0 Å². The SMILES string of the molecule is CC(C)NCC(C(C)C)N1CCC2(CCCC2)CC1. The molecule has 0 aromatic rings. The molecule has 0 radical (unpaired) electrons. The molecule has 1 atom stereocenters. The molecule has 1 spiro atoms. The Hall–Kier alpha value is -0.0800. The highest BCUT2D eigenvalue weighted by Gasteiger charge is 2.38. The van der Waals surface area contributed by atoms with Crippen LogP contribution in [0.3, 0.4) is 0 Å². The Morgan fingerprint density at radius 3 is 2.00 bits per heavy atom. The van der Waals surface area contributed by atoms with E-state index >= 15 is 0 Å². The van der Waals surface area contributed by atoms with Crippen molar-refractivity contribution in [3.8, 4) is 0 Å². The second-order valence-electron chi connectivity index (χ2n) is 7.62. The molecule has 1 heterocycles. The van der Waals surface area contributed by atoms with Crippen molar-refractivity contribution in [3.63, 3.8) is 0 Å². The summed E-state index contributed by atoms with van der Waals surface area (Å²) in [6.07, 6.45) is 8.91. The highest BCUT2D eigenvalue weighted by Crippen LogP contribution is 2.46. The summed E-state index contributed by atoms with van der Waals surface area (Å²) in [5.41, 5.74) is 0.753. The fraction of sp³-hybridized carbons (Fsp3) is 1.00. The van der Waals surface area contributed by atoms with Gasteiger partial charge in [0.25, 0.3) is 0 Å². The van der Waals surface area contributed by atoms with Crippen molar-refractivity contribution in [1.82, 2.24) is 10.2 Å². The van der Waals surface area contributed by atoms with Gasteiger partial charge in [0, 0.05) is 18.6 Å². The zero-order valence-electron chi connectivity index (χ0n) is 13.5. The van der Waals surface area contributed by atoms with Crippen LogP contribution in [0.1, 0.15) is 66.2 Å². The summed E-state index contributed by atoms with van der Waals surface area (Å²) in [4.78, 5) is 2.77. The predicted octanol–water partition coefficient (Wildman–Crippen LogP) is 3.67. The molecule has 0 bridgehead atoms. The molecule has 2 nitrogen and oxygen atoms in total. The van der Waals surface area contributed by atoms with Gasteiger partial charge in [-0.1, -0.05) is 40.5 Å². The van der Waals surface area contributed by atoms with Crippen LogP contribution >= 0.6 is 0 Å². The molecular weight excluding hydrogens is 232 g/mol. The first kappa shape index (κ1) is 15.3. The Balaban J connectivity index is 1.86. The van der Waals surface area contributed by atoms with Gasteiger partial charge in [-0.2, -0.15) is 0 Å². The van der Waals surface area contributed by atoms with Gasteiger partial charge >= 0.3 is 0 Å². The lowest BCUT2D eigenvalue weighted by molar-refractivity contribution is 0.0577. The fourth-order valence-corrected chi connectivity index (χ4v) is 4.10. The Labute approximate surface area is 120 Å². The van der Waals surface area contributed by atoms with E-state index in [0.29, 0.717) is 6.04 Å². The van der Waals surface area contributed by atoms with Gasteiger partial charge < -0.3 is 5.32 Å². The van der Waals surface area contributed by atoms with Crippen LogP contribution < -0.4 is 5.32 Å². The number of rotatable bonds is 5. The highest BCUT2D eigenvalue weighted by molar-refractivity contribution is 4.92. The lowest BCUT2D eigenvalue weighted by atomic mass is 9.76. The Morgan fingerprint density at radius 1 is 0.947 bits per heavy atom. The van der Waals surface area contributed by atoms with E-state index in [4.69, 9.17) is 0 Å². The van der Waals surface area contributed by atoms with Crippen molar-refractivity contribution in [2.75, 3.05) is 19.6 Å². The summed E-state index contributed by atoms with van der Waals surface area (Å²) in [7, 11) is 0. The quantitative estimate of drug-likeness (QED) is 0.817. The van der Waals surface area contributed by atoms with Crippen molar-refractivity contribution in [2.24, 2.45) is 11.3 Å². The number of hydrogen-bond acceptors (Lipinski definition) is 2. The van der Waals surface area contributed by atoms with Crippen molar-refractivity contribution in [3.05, 3.63) is 0 Å².